The van der Waals surface area contributed by atoms with E-state index in [1.807, 2.05) is 12.1 Å². The summed E-state index contributed by atoms with van der Waals surface area (Å²) in [6, 6.07) is 11.0. The lowest BCUT2D eigenvalue weighted by atomic mass is 9.91. The maximum Gasteiger partial charge on any atom is 0.255 e. The van der Waals surface area contributed by atoms with E-state index in [-0.39, 0.29) is 28.6 Å². The summed E-state index contributed by atoms with van der Waals surface area (Å²) in [4.78, 5) is 16.1. The van der Waals surface area contributed by atoms with Crippen LogP contribution in [0.4, 0.5) is 5.69 Å². The van der Waals surface area contributed by atoms with Gasteiger partial charge in [0, 0.05) is 17.8 Å². The highest BCUT2D eigenvalue weighted by Gasteiger charge is 2.15. The van der Waals surface area contributed by atoms with Crippen molar-refractivity contribution in [1.82, 2.24) is 10.3 Å². The first-order chi connectivity index (χ1) is 11.1. The first-order valence-electron chi connectivity index (χ1n) is 7.57. The van der Waals surface area contributed by atoms with E-state index in [1.165, 1.54) is 30.5 Å². The SMILES string of the molecule is Cl.O=C(Nc1ccc([C@@H]2CCCNC2)cc1)c1cc(Cl)nc(Cl)c1. The smallest absolute Gasteiger partial charge is 0.255 e. The normalized spacial score (nSPS) is 17.0. The molecular formula is C17H18Cl3N3O. The van der Waals surface area contributed by atoms with E-state index in [1.54, 1.807) is 0 Å². The molecule has 128 valence electrons. The molecule has 1 aliphatic rings. The molecule has 3 rings (SSSR count). The van der Waals surface area contributed by atoms with Crippen LogP contribution in [-0.2, 0) is 0 Å². The molecule has 1 aromatic heterocycles. The number of anilines is 1. The molecule has 1 atom stereocenters. The molecule has 2 aromatic rings. The van der Waals surface area contributed by atoms with Crippen LogP contribution in [0.1, 0.15) is 34.7 Å². The molecular weight excluding hydrogens is 369 g/mol. The van der Waals surface area contributed by atoms with Crippen molar-refractivity contribution < 1.29 is 4.79 Å². The standard InChI is InChI=1S/C17H17Cl2N3O.ClH/c18-15-8-13(9-16(19)22-15)17(23)21-14-5-3-11(4-6-14)12-2-1-7-20-10-12;/h3-6,8-9,12,20H,1-2,7,10H2,(H,21,23);1H/t12-;/m1./s1. The summed E-state index contributed by atoms with van der Waals surface area (Å²) >= 11 is 11.6. The van der Waals surface area contributed by atoms with Crippen molar-refractivity contribution in [2.24, 2.45) is 0 Å². The van der Waals surface area contributed by atoms with Gasteiger partial charge in [-0.1, -0.05) is 35.3 Å². The zero-order chi connectivity index (χ0) is 16.2. The fraction of sp³-hybridized carbons (Fsp3) is 0.294. The second kappa shape index (κ2) is 8.67. The van der Waals surface area contributed by atoms with Crippen LogP contribution in [0.5, 0.6) is 0 Å². The van der Waals surface area contributed by atoms with Gasteiger partial charge < -0.3 is 10.6 Å². The molecule has 7 heteroatoms. The molecule has 1 saturated heterocycles. The highest BCUT2D eigenvalue weighted by molar-refractivity contribution is 6.33. The highest BCUT2D eigenvalue weighted by atomic mass is 35.5. The molecule has 2 N–H and O–H groups in total. The minimum absolute atomic E-state index is 0. The highest BCUT2D eigenvalue weighted by Crippen LogP contribution is 2.24. The summed E-state index contributed by atoms with van der Waals surface area (Å²) in [7, 11) is 0. The van der Waals surface area contributed by atoms with Gasteiger partial charge in [-0.3, -0.25) is 4.79 Å². The number of pyridine rings is 1. The Kier molecular flexibility index (Phi) is 6.87. The summed E-state index contributed by atoms with van der Waals surface area (Å²) in [5, 5.41) is 6.65. The molecule has 1 fully saturated rings. The number of amides is 1. The van der Waals surface area contributed by atoms with Crippen molar-refractivity contribution in [3.8, 4) is 0 Å². The monoisotopic (exact) mass is 385 g/mol. The van der Waals surface area contributed by atoms with E-state index in [4.69, 9.17) is 23.2 Å². The van der Waals surface area contributed by atoms with Gasteiger partial charge in [-0.2, -0.15) is 0 Å². The van der Waals surface area contributed by atoms with Crippen molar-refractivity contribution in [2.75, 3.05) is 18.4 Å². The second-order valence-electron chi connectivity index (χ2n) is 5.62. The molecule has 24 heavy (non-hydrogen) atoms. The topological polar surface area (TPSA) is 54.0 Å². The Labute approximate surface area is 157 Å². The van der Waals surface area contributed by atoms with Gasteiger partial charge in [0.05, 0.1) is 0 Å². The summed E-state index contributed by atoms with van der Waals surface area (Å²) in [5.41, 5.74) is 2.42. The van der Waals surface area contributed by atoms with Crippen molar-refractivity contribution in [3.63, 3.8) is 0 Å². The number of nitrogens with zero attached hydrogens (tertiary/aromatic N) is 1. The lowest BCUT2D eigenvalue weighted by molar-refractivity contribution is 0.102. The first kappa shape index (κ1) is 19.0. The Morgan fingerprint density at radius 2 is 1.83 bits per heavy atom. The van der Waals surface area contributed by atoms with Crippen molar-refractivity contribution in [1.29, 1.82) is 0 Å². The number of halogens is 3. The third-order valence-corrected chi connectivity index (χ3v) is 4.35. The predicted molar refractivity (Wildman–Crippen MR) is 101 cm³/mol. The van der Waals surface area contributed by atoms with Gasteiger partial charge in [0.2, 0.25) is 0 Å². The molecule has 0 aliphatic carbocycles. The number of hydrogen-bond acceptors (Lipinski definition) is 3. The van der Waals surface area contributed by atoms with Crippen LogP contribution in [0.25, 0.3) is 0 Å². The molecule has 0 spiro atoms. The van der Waals surface area contributed by atoms with E-state index in [0.29, 0.717) is 11.5 Å². The number of carbonyl (C=O) groups excluding carboxylic acids is 1. The maximum absolute atomic E-state index is 12.2. The average molecular weight is 387 g/mol. The Bertz CT molecular complexity index is 680. The lowest BCUT2D eigenvalue weighted by Crippen LogP contribution is -2.28. The second-order valence-corrected chi connectivity index (χ2v) is 6.40. The minimum Gasteiger partial charge on any atom is -0.322 e. The number of hydrogen-bond donors (Lipinski definition) is 2. The number of benzene rings is 1. The van der Waals surface area contributed by atoms with E-state index in [9.17, 15) is 4.79 Å². The minimum atomic E-state index is -0.261. The Balaban J connectivity index is 0.00000208. The van der Waals surface area contributed by atoms with Crippen LogP contribution >= 0.6 is 35.6 Å². The van der Waals surface area contributed by atoms with E-state index in [2.05, 4.69) is 27.8 Å². The number of rotatable bonds is 3. The molecule has 1 aromatic carbocycles. The lowest BCUT2D eigenvalue weighted by Gasteiger charge is -2.23. The molecule has 0 unspecified atom stereocenters. The van der Waals surface area contributed by atoms with Crippen LogP contribution in [0.3, 0.4) is 0 Å². The molecule has 1 amide bonds. The zero-order valence-corrected chi connectivity index (χ0v) is 15.2. The van der Waals surface area contributed by atoms with Crippen molar-refractivity contribution in [2.45, 2.75) is 18.8 Å². The maximum atomic E-state index is 12.2. The molecule has 1 aliphatic heterocycles. The number of piperidine rings is 1. The predicted octanol–water partition coefficient (Wildman–Crippen LogP) is 4.53. The van der Waals surface area contributed by atoms with Crippen molar-refractivity contribution >= 4 is 47.2 Å². The van der Waals surface area contributed by atoms with E-state index in [0.717, 1.165) is 18.8 Å². The summed E-state index contributed by atoms with van der Waals surface area (Å²) < 4.78 is 0. The Morgan fingerprint density at radius 3 is 2.42 bits per heavy atom. The summed E-state index contributed by atoms with van der Waals surface area (Å²) in [6.45, 7) is 2.11. The fourth-order valence-electron chi connectivity index (χ4n) is 2.77. The van der Waals surface area contributed by atoms with Gasteiger partial charge in [0.15, 0.2) is 0 Å². The summed E-state index contributed by atoms with van der Waals surface area (Å²) in [5.74, 6) is 0.287. The average Bonchev–Trinajstić information content (AvgIpc) is 2.55. The Hall–Kier alpha value is -1.33. The van der Waals surface area contributed by atoms with Crippen LogP contribution in [0, 0.1) is 0 Å². The molecule has 4 nitrogen and oxygen atoms in total. The number of carbonyl (C=O) groups is 1. The van der Waals surface area contributed by atoms with Crippen molar-refractivity contribution in [3.05, 3.63) is 57.8 Å². The molecule has 0 bridgehead atoms. The van der Waals surface area contributed by atoms with Gasteiger partial charge in [-0.15, -0.1) is 12.4 Å². The third kappa shape index (κ3) is 4.84. The van der Waals surface area contributed by atoms with Crippen LogP contribution in [0.2, 0.25) is 10.3 Å². The fourth-order valence-corrected chi connectivity index (χ4v) is 3.23. The van der Waals surface area contributed by atoms with Crippen LogP contribution < -0.4 is 10.6 Å². The van der Waals surface area contributed by atoms with Gasteiger partial charge >= 0.3 is 0 Å². The molecule has 0 saturated carbocycles. The number of aromatic nitrogens is 1. The summed E-state index contributed by atoms with van der Waals surface area (Å²) in [6.07, 6.45) is 2.40. The van der Waals surface area contributed by atoms with Gasteiger partial charge in [0.25, 0.3) is 5.91 Å². The largest absolute Gasteiger partial charge is 0.322 e. The van der Waals surface area contributed by atoms with Gasteiger partial charge in [0.1, 0.15) is 10.3 Å². The molecule has 2 heterocycles. The number of nitrogens with one attached hydrogen (secondary N) is 2. The first-order valence-corrected chi connectivity index (χ1v) is 8.32. The van der Waals surface area contributed by atoms with E-state index >= 15 is 0 Å². The quantitative estimate of drug-likeness (QED) is 0.762. The van der Waals surface area contributed by atoms with Crippen LogP contribution in [-0.4, -0.2) is 24.0 Å². The van der Waals surface area contributed by atoms with Gasteiger partial charge in [-0.05, 0) is 55.1 Å². The third-order valence-electron chi connectivity index (χ3n) is 3.96. The van der Waals surface area contributed by atoms with E-state index < -0.39 is 0 Å². The Morgan fingerprint density at radius 1 is 1.17 bits per heavy atom. The zero-order valence-electron chi connectivity index (χ0n) is 12.9. The van der Waals surface area contributed by atoms with Crippen LogP contribution in [0.15, 0.2) is 36.4 Å². The molecule has 0 radical (unpaired) electrons. The van der Waals surface area contributed by atoms with Gasteiger partial charge in [-0.25, -0.2) is 4.98 Å².